The number of nitrogens with one attached hydrogen (secondary N) is 1. The van der Waals surface area contributed by atoms with Crippen molar-refractivity contribution in [3.63, 3.8) is 0 Å². The highest BCUT2D eigenvalue weighted by Gasteiger charge is 2.16. The molecular formula is C22H30Cl2N4O2. The molecule has 0 bridgehead atoms. The molecule has 0 saturated carbocycles. The van der Waals surface area contributed by atoms with Crippen LogP contribution in [0.1, 0.15) is 47.8 Å². The zero-order valence-corrected chi connectivity index (χ0v) is 19.0. The minimum absolute atomic E-state index is 0. The fourth-order valence-corrected chi connectivity index (χ4v) is 3.12. The van der Waals surface area contributed by atoms with Crippen LogP contribution in [0.5, 0.6) is 5.75 Å². The van der Waals surface area contributed by atoms with Gasteiger partial charge in [-0.1, -0.05) is 38.0 Å². The van der Waals surface area contributed by atoms with E-state index in [1.807, 2.05) is 48.0 Å². The van der Waals surface area contributed by atoms with E-state index in [1.54, 1.807) is 12.1 Å². The summed E-state index contributed by atoms with van der Waals surface area (Å²) >= 11 is 0. The Morgan fingerprint density at radius 2 is 1.97 bits per heavy atom. The number of imidazole rings is 1. The van der Waals surface area contributed by atoms with E-state index < -0.39 is 0 Å². The molecule has 1 amide bonds. The van der Waals surface area contributed by atoms with Crippen molar-refractivity contribution in [2.75, 3.05) is 6.54 Å². The number of nitrogens with zero attached hydrogens (tertiary/aromatic N) is 2. The molecule has 0 aliphatic heterocycles. The summed E-state index contributed by atoms with van der Waals surface area (Å²) in [6, 6.07) is 11.2. The van der Waals surface area contributed by atoms with Gasteiger partial charge in [-0.3, -0.25) is 4.79 Å². The van der Waals surface area contributed by atoms with Crippen LogP contribution in [0.4, 0.5) is 0 Å². The van der Waals surface area contributed by atoms with E-state index in [2.05, 4.69) is 17.2 Å². The Labute approximate surface area is 190 Å². The summed E-state index contributed by atoms with van der Waals surface area (Å²) in [5, 5.41) is 3.02. The summed E-state index contributed by atoms with van der Waals surface area (Å²) in [6.07, 6.45) is 6.96. The highest BCUT2D eigenvalue weighted by atomic mass is 35.5. The van der Waals surface area contributed by atoms with Crippen LogP contribution in [0, 0.1) is 6.92 Å². The predicted octanol–water partition coefficient (Wildman–Crippen LogP) is 4.31. The number of amides is 1. The van der Waals surface area contributed by atoms with Gasteiger partial charge in [0.1, 0.15) is 18.0 Å². The molecule has 1 unspecified atom stereocenters. The van der Waals surface area contributed by atoms with Gasteiger partial charge in [-0.15, -0.1) is 24.8 Å². The van der Waals surface area contributed by atoms with Gasteiger partial charge in [-0.25, -0.2) is 4.98 Å². The number of carbonyl (C=O) groups is 1. The van der Waals surface area contributed by atoms with Crippen LogP contribution in [0.2, 0.25) is 0 Å². The van der Waals surface area contributed by atoms with E-state index in [1.165, 1.54) is 0 Å². The number of hydrogen-bond donors (Lipinski definition) is 2. The Morgan fingerprint density at radius 1 is 1.20 bits per heavy atom. The molecule has 6 nitrogen and oxygen atoms in total. The number of ether oxygens (including phenoxy) is 1. The monoisotopic (exact) mass is 452 g/mol. The van der Waals surface area contributed by atoms with Crippen molar-refractivity contribution in [1.82, 2.24) is 14.7 Å². The number of unbranched alkanes of at least 4 members (excludes halogenated alkanes) is 1. The van der Waals surface area contributed by atoms with Crippen LogP contribution >= 0.6 is 24.8 Å². The number of halogens is 2. The van der Waals surface area contributed by atoms with Crippen LogP contribution in [0.25, 0.3) is 5.65 Å². The van der Waals surface area contributed by atoms with Crippen molar-refractivity contribution in [3.8, 4) is 5.75 Å². The number of aromatic nitrogens is 2. The Bertz CT molecular complexity index is 946. The third-order valence-corrected chi connectivity index (χ3v) is 4.68. The molecule has 2 heterocycles. The lowest BCUT2D eigenvalue weighted by Crippen LogP contribution is -2.40. The normalized spacial score (nSPS) is 11.3. The fraction of sp³-hybridized carbons (Fsp3) is 0.364. The topological polar surface area (TPSA) is 81.6 Å². The maximum absolute atomic E-state index is 12.7. The molecule has 0 radical (unpaired) electrons. The average Bonchev–Trinajstić information content (AvgIpc) is 3.11. The van der Waals surface area contributed by atoms with E-state index >= 15 is 0 Å². The van der Waals surface area contributed by atoms with Gasteiger partial charge in [0.05, 0.1) is 11.3 Å². The summed E-state index contributed by atoms with van der Waals surface area (Å²) in [7, 11) is 0. The highest BCUT2D eigenvalue weighted by molar-refractivity contribution is 5.97. The lowest BCUT2D eigenvalue weighted by Gasteiger charge is -2.18. The van der Waals surface area contributed by atoms with E-state index in [4.69, 9.17) is 10.5 Å². The first kappa shape index (κ1) is 25.8. The van der Waals surface area contributed by atoms with E-state index in [0.29, 0.717) is 24.5 Å². The maximum atomic E-state index is 12.7. The predicted molar refractivity (Wildman–Crippen MR) is 125 cm³/mol. The van der Waals surface area contributed by atoms with Crippen molar-refractivity contribution >= 4 is 36.4 Å². The quantitative estimate of drug-likeness (QED) is 0.506. The number of benzene rings is 1. The molecule has 3 N–H and O–H groups in total. The summed E-state index contributed by atoms with van der Waals surface area (Å²) in [5.41, 5.74) is 9.16. The second-order valence-corrected chi connectivity index (χ2v) is 7.04. The Kier molecular flexibility index (Phi) is 10.7. The van der Waals surface area contributed by atoms with Gasteiger partial charge < -0.3 is 20.2 Å². The highest BCUT2D eigenvalue weighted by Crippen LogP contribution is 2.20. The number of pyridine rings is 1. The number of rotatable bonds is 9. The van der Waals surface area contributed by atoms with Crippen LogP contribution in [0.3, 0.4) is 0 Å². The smallest absolute Gasteiger partial charge is 0.255 e. The molecule has 0 aliphatic carbocycles. The molecule has 0 spiro atoms. The Balaban J connectivity index is 0.00000225. The Hall–Kier alpha value is -2.28. The lowest BCUT2D eigenvalue weighted by atomic mass is 10.1. The van der Waals surface area contributed by atoms with Gasteiger partial charge in [-0.05, 0) is 37.1 Å². The van der Waals surface area contributed by atoms with E-state index in [9.17, 15) is 4.79 Å². The van der Waals surface area contributed by atoms with Crippen LogP contribution in [0.15, 0.2) is 48.8 Å². The van der Waals surface area contributed by atoms with Crippen LogP contribution in [-0.4, -0.2) is 27.9 Å². The third kappa shape index (κ3) is 6.62. The first-order valence-corrected chi connectivity index (χ1v) is 9.77. The molecule has 164 valence electrons. The zero-order valence-electron chi connectivity index (χ0n) is 17.3. The fourth-order valence-electron chi connectivity index (χ4n) is 3.12. The molecule has 1 atom stereocenters. The van der Waals surface area contributed by atoms with Crippen molar-refractivity contribution in [3.05, 3.63) is 65.6 Å². The molecule has 3 aromatic rings. The summed E-state index contributed by atoms with van der Waals surface area (Å²) < 4.78 is 7.91. The number of fused-ring (bicyclic) bond motifs is 1. The van der Waals surface area contributed by atoms with Crippen LogP contribution < -0.4 is 15.8 Å². The van der Waals surface area contributed by atoms with Crippen molar-refractivity contribution in [2.45, 2.75) is 45.8 Å². The van der Waals surface area contributed by atoms with Crippen molar-refractivity contribution in [2.24, 2.45) is 5.73 Å². The lowest BCUT2D eigenvalue weighted by molar-refractivity contribution is 0.0931. The number of nitrogens with two attached hydrogens (primary N) is 1. The van der Waals surface area contributed by atoms with E-state index in [0.717, 1.165) is 36.2 Å². The minimum atomic E-state index is -0.159. The number of para-hydroxylation sites is 1. The van der Waals surface area contributed by atoms with Gasteiger partial charge in [0.2, 0.25) is 0 Å². The van der Waals surface area contributed by atoms with Crippen molar-refractivity contribution < 1.29 is 9.53 Å². The zero-order chi connectivity index (χ0) is 19.9. The second-order valence-electron chi connectivity index (χ2n) is 7.04. The third-order valence-electron chi connectivity index (χ3n) is 4.68. The average molecular weight is 453 g/mol. The van der Waals surface area contributed by atoms with Gasteiger partial charge in [0, 0.05) is 25.0 Å². The number of hydrogen-bond acceptors (Lipinski definition) is 4. The van der Waals surface area contributed by atoms with Gasteiger partial charge in [-0.2, -0.15) is 0 Å². The van der Waals surface area contributed by atoms with E-state index in [-0.39, 0.29) is 36.8 Å². The van der Waals surface area contributed by atoms with Gasteiger partial charge in [0.25, 0.3) is 5.91 Å². The van der Waals surface area contributed by atoms with Gasteiger partial charge in [0.15, 0.2) is 0 Å². The summed E-state index contributed by atoms with van der Waals surface area (Å²) in [6.45, 7) is 4.88. The molecule has 1 aromatic carbocycles. The van der Waals surface area contributed by atoms with Gasteiger partial charge >= 0.3 is 0 Å². The van der Waals surface area contributed by atoms with Crippen molar-refractivity contribution in [1.29, 1.82) is 0 Å². The number of carbonyl (C=O) groups excluding carboxylic acids is 1. The standard InChI is InChI=1S/C22H28N4O2.2ClH/c1-3-4-7-17(12-23)25-22(27)19-8-5-6-9-20(19)28-15-18-14-26-13-16(2)10-11-21(26)24-18;;/h5-6,8-11,13-14,17H,3-4,7,12,15,23H2,1-2H3,(H,25,27);2*1H. The first-order valence-electron chi connectivity index (χ1n) is 9.77. The van der Waals surface area contributed by atoms with Crippen LogP contribution in [-0.2, 0) is 6.61 Å². The number of aryl methyl sites for hydroxylation is 1. The summed E-state index contributed by atoms with van der Waals surface area (Å²) in [5.74, 6) is 0.382. The minimum Gasteiger partial charge on any atom is -0.486 e. The Morgan fingerprint density at radius 3 is 2.70 bits per heavy atom. The second kappa shape index (κ2) is 12.4. The molecule has 30 heavy (non-hydrogen) atoms. The molecule has 0 aliphatic rings. The molecule has 0 saturated heterocycles. The summed E-state index contributed by atoms with van der Waals surface area (Å²) in [4.78, 5) is 17.3. The molecule has 0 fully saturated rings. The molecule has 8 heteroatoms. The largest absolute Gasteiger partial charge is 0.486 e. The SMILES string of the molecule is CCCCC(CN)NC(=O)c1ccccc1OCc1cn2cc(C)ccc2n1.Cl.Cl. The molecule has 2 aromatic heterocycles. The first-order chi connectivity index (χ1) is 13.6. The maximum Gasteiger partial charge on any atom is 0.255 e. The molecular weight excluding hydrogens is 423 g/mol. The molecule has 3 rings (SSSR count).